The number of nitrogens with zero attached hydrogens (tertiary/aromatic N) is 3. The summed E-state index contributed by atoms with van der Waals surface area (Å²) in [6.45, 7) is 2.34. The van der Waals surface area contributed by atoms with Crippen LogP contribution in [0.25, 0.3) is 0 Å². The molecular formula is C18H15ClFN3O3S. The normalized spacial score (nSPS) is 13.6. The summed E-state index contributed by atoms with van der Waals surface area (Å²) in [5, 5.41) is 11.9. The minimum atomic E-state index is -0.514. The molecule has 2 aromatic carbocycles. The summed E-state index contributed by atoms with van der Waals surface area (Å²) in [5.74, 6) is -0.553. The summed E-state index contributed by atoms with van der Waals surface area (Å²) < 4.78 is 13.9. The van der Waals surface area contributed by atoms with E-state index in [4.69, 9.17) is 11.6 Å². The van der Waals surface area contributed by atoms with Crippen LogP contribution in [-0.2, 0) is 5.75 Å². The molecule has 3 rings (SSSR count). The second-order valence-corrected chi connectivity index (χ2v) is 7.17. The Labute approximate surface area is 164 Å². The van der Waals surface area contributed by atoms with E-state index >= 15 is 0 Å². The average Bonchev–Trinajstić information content (AvgIpc) is 3.09. The summed E-state index contributed by atoms with van der Waals surface area (Å²) in [4.78, 5) is 29.3. The molecule has 1 aliphatic heterocycles. The molecule has 0 saturated heterocycles. The maximum absolute atomic E-state index is 13.9. The van der Waals surface area contributed by atoms with E-state index in [9.17, 15) is 19.3 Å². The number of rotatable bonds is 4. The number of thioether (sulfide) groups is 1. The Hall–Kier alpha value is -2.45. The Kier molecular flexibility index (Phi) is 5.76. The molecule has 1 aliphatic rings. The third kappa shape index (κ3) is 3.96. The van der Waals surface area contributed by atoms with E-state index in [1.807, 2.05) is 0 Å². The van der Waals surface area contributed by atoms with Crippen molar-refractivity contribution in [1.29, 1.82) is 0 Å². The second kappa shape index (κ2) is 8.06. The second-order valence-electron chi connectivity index (χ2n) is 5.82. The molecule has 1 amide bonds. The largest absolute Gasteiger partial charge is 0.286 e. The van der Waals surface area contributed by atoms with E-state index in [-0.39, 0.29) is 22.9 Å². The van der Waals surface area contributed by atoms with Crippen LogP contribution < -0.4 is 0 Å². The maximum Gasteiger partial charge on any atom is 0.273 e. The number of amides is 1. The smallest absolute Gasteiger partial charge is 0.273 e. The third-order valence-corrected chi connectivity index (χ3v) is 5.58. The third-order valence-electron chi connectivity index (χ3n) is 4.19. The molecule has 0 spiro atoms. The molecule has 27 heavy (non-hydrogen) atoms. The van der Waals surface area contributed by atoms with Crippen molar-refractivity contribution >= 4 is 40.1 Å². The van der Waals surface area contributed by atoms with Gasteiger partial charge in [-0.2, -0.15) is 0 Å². The highest BCUT2D eigenvalue weighted by Crippen LogP contribution is 2.28. The van der Waals surface area contributed by atoms with Gasteiger partial charge in [-0.15, -0.1) is 0 Å². The fourth-order valence-electron chi connectivity index (χ4n) is 2.74. The van der Waals surface area contributed by atoms with Gasteiger partial charge in [-0.25, -0.2) is 4.39 Å². The fourth-order valence-corrected chi connectivity index (χ4v) is 4.13. The van der Waals surface area contributed by atoms with Gasteiger partial charge in [-0.05, 0) is 25.1 Å². The molecule has 0 radical (unpaired) electrons. The lowest BCUT2D eigenvalue weighted by molar-refractivity contribution is -0.385. The first kappa shape index (κ1) is 19.3. The number of nitro benzene ring substituents is 1. The van der Waals surface area contributed by atoms with Gasteiger partial charge in [-0.1, -0.05) is 35.5 Å². The van der Waals surface area contributed by atoms with Crippen molar-refractivity contribution in [2.45, 2.75) is 12.7 Å². The van der Waals surface area contributed by atoms with Crippen LogP contribution in [0, 0.1) is 22.9 Å². The lowest BCUT2D eigenvalue weighted by Crippen LogP contribution is -2.33. The monoisotopic (exact) mass is 407 g/mol. The Morgan fingerprint density at radius 3 is 2.81 bits per heavy atom. The molecular weight excluding hydrogens is 393 g/mol. The van der Waals surface area contributed by atoms with E-state index in [0.717, 1.165) is 0 Å². The molecule has 6 nitrogen and oxygen atoms in total. The molecule has 0 N–H and O–H groups in total. The number of hydrogen-bond acceptors (Lipinski definition) is 5. The highest BCUT2D eigenvalue weighted by molar-refractivity contribution is 8.13. The zero-order valence-corrected chi connectivity index (χ0v) is 15.9. The van der Waals surface area contributed by atoms with Gasteiger partial charge in [0, 0.05) is 40.1 Å². The predicted molar refractivity (Wildman–Crippen MR) is 104 cm³/mol. The molecule has 2 aromatic rings. The highest BCUT2D eigenvalue weighted by atomic mass is 35.5. The summed E-state index contributed by atoms with van der Waals surface area (Å²) in [6.07, 6.45) is 0. The predicted octanol–water partition coefficient (Wildman–Crippen LogP) is 4.44. The van der Waals surface area contributed by atoms with Crippen LogP contribution in [0.3, 0.4) is 0 Å². The molecule has 0 unspecified atom stereocenters. The van der Waals surface area contributed by atoms with Crippen molar-refractivity contribution in [3.05, 3.63) is 74.0 Å². The van der Waals surface area contributed by atoms with Gasteiger partial charge in [0.15, 0.2) is 5.17 Å². The first-order chi connectivity index (χ1) is 12.9. The highest BCUT2D eigenvalue weighted by Gasteiger charge is 2.28. The molecule has 0 aliphatic carbocycles. The molecule has 0 atom stereocenters. The molecule has 1 heterocycles. The van der Waals surface area contributed by atoms with Gasteiger partial charge >= 0.3 is 0 Å². The van der Waals surface area contributed by atoms with Crippen LogP contribution in [0.5, 0.6) is 0 Å². The van der Waals surface area contributed by atoms with Crippen molar-refractivity contribution in [1.82, 2.24) is 4.90 Å². The van der Waals surface area contributed by atoms with Crippen LogP contribution in [0.4, 0.5) is 10.1 Å². The summed E-state index contributed by atoms with van der Waals surface area (Å²) in [6, 6.07) is 8.86. The number of carbonyl (C=O) groups excluding carboxylic acids is 1. The standard InChI is InChI=1S/C18H15ClFN3O3S/c1-11-12(4-2-7-16(11)23(25)26)17(24)22-9-8-21-18(22)27-10-13-14(19)5-3-6-15(13)20/h2-7H,8-10H2,1H3. The van der Waals surface area contributed by atoms with E-state index in [1.165, 1.54) is 40.9 Å². The van der Waals surface area contributed by atoms with Crippen molar-refractivity contribution in [2.24, 2.45) is 4.99 Å². The molecule has 0 fully saturated rings. The Balaban J connectivity index is 1.79. The molecule has 0 saturated carbocycles. The zero-order valence-electron chi connectivity index (χ0n) is 14.3. The number of carbonyl (C=O) groups is 1. The van der Waals surface area contributed by atoms with Gasteiger partial charge in [-0.3, -0.25) is 24.8 Å². The van der Waals surface area contributed by atoms with Gasteiger partial charge in [0.25, 0.3) is 11.6 Å². The van der Waals surface area contributed by atoms with Gasteiger partial charge in [0.1, 0.15) is 5.82 Å². The number of benzene rings is 2. The SMILES string of the molecule is Cc1c(C(=O)N2CCN=C2SCc2c(F)cccc2Cl)cccc1[N+](=O)[O-]. The van der Waals surface area contributed by atoms with E-state index in [2.05, 4.69) is 4.99 Å². The summed E-state index contributed by atoms with van der Waals surface area (Å²) in [5.41, 5.74) is 0.797. The lowest BCUT2D eigenvalue weighted by atomic mass is 10.1. The molecule has 0 bridgehead atoms. The maximum atomic E-state index is 13.9. The number of halogens is 2. The zero-order chi connectivity index (χ0) is 19.6. The van der Waals surface area contributed by atoms with Gasteiger partial charge < -0.3 is 0 Å². The van der Waals surface area contributed by atoms with Crippen LogP contribution in [0.15, 0.2) is 41.4 Å². The van der Waals surface area contributed by atoms with E-state index in [1.54, 1.807) is 19.1 Å². The quantitative estimate of drug-likeness (QED) is 0.554. The number of amidine groups is 1. The van der Waals surface area contributed by atoms with Crippen molar-refractivity contribution < 1.29 is 14.1 Å². The Bertz CT molecular complexity index is 931. The number of nitro groups is 1. The van der Waals surface area contributed by atoms with Gasteiger partial charge in [0.2, 0.25) is 0 Å². The first-order valence-electron chi connectivity index (χ1n) is 8.06. The van der Waals surface area contributed by atoms with Crippen LogP contribution in [0.1, 0.15) is 21.5 Å². The van der Waals surface area contributed by atoms with Crippen molar-refractivity contribution in [3.63, 3.8) is 0 Å². The van der Waals surface area contributed by atoms with Crippen molar-refractivity contribution in [3.8, 4) is 0 Å². The van der Waals surface area contributed by atoms with Crippen LogP contribution >= 0.6 is 23.4 Å². The number of aliphatic imine (C=N–C) groups is 1. The molecule has 9 heteroatoms. The number of hydrogen-bond donors (Lipinski definition) is 0. The topological polar surface area (TPSA) is 75.8 Å². The van der Waals surface area contributed by atoms with Crippen LogP contribution in [-0.4, -0.2) is 34.0 Å². The average molecular weight is 408 g/mol. The minimum Gasteiger partial charge on any atom is -0.286 e. The van der Waals surface area contributed by atoms with E-state index in [0.29, 0.717) is 34.4 Å². The van der Waals surface area contributed by atoms with Crippen molar-refractivity contribution in [2.75, 3.05) is 13.1 Å². The fraction of sp³-hybridized carbons (Fsp3) is 0.222. The lowest BCUT2D eigenvalue weighted by Gasteiger charge is -2.19. The summed E-state index contributed by atoms with van der Waals surface area (Å²) >= 11 is 7.25. The summed E-state index contributed by atoms with van der Waals surface area (Å²) in [7, 11) is 0. The first-order valence-corrected chi connectivity index (χ1v) is 9.42. The van der Waals surface area contributed by atoms with E-state index < -0.39 is 10.7 Å². The minimum absolute atomic E-state index is 0.107. The van der Waals surface area contributed by atoms with Crippen LogP contribution in [0.2, 0.25) is 5.02 Å². The molecule has 140 valence electrons. The van der Waals surface area contributed by atoms with Gasteiger partial charge in [0.05, 0.1) is 11.5 Å². The Morgan fingerprint density at radius 1 is 1.37 bits per heavy atom. The molecule has 0 aromatic heterocycles. The Morgan fingerprint density at radius 2 is 2.11 bits per heavy atom.